The van der Waals surface area contributed by atoms with Crippen LogP contribution in [0.25, 0.3) is 0 Å². The monoisotopic (exact) mass is 113 g/mol. The second-order valence-electron chi connectivity index (χ2n) is 0.250. The van der Waals surface area contributed by atoms with Crippen LogP contribution in [0.15, 0.2) is 0 Å². The molecule has 4 N–H and O–H groups in total. The lowest BCUT2D eigenvalue weighted by molar-refractivity contribution is -0.415. The van der Waals surface area contributed by atoms with Gasteiger partial charge in [-0.1, -0.05) is 0 Å². The van der Waals surface area contributed by atoms with Crippen molar-refractivity contribution in [3.63, 3.8) is 0 Å². The topological polar surface area (TPSA) is 99.7 Å². The number of hydrogen-bond donors (Lipinski definition) is 1. The maximum Gasteiger partial charge on any atom is -0.0431 e. The van der Waals surface area contributed by atoms with Gasteiger partial charge in [0, 0.05) is 0 Å². The van der Waals surface area contributed by atoms with E-state index in [0.717, 1.165) is 0 Å². The molecule has 6 heavy (non-hydrogen) atoms. The van der Waals surface area contributed by atoms with E-state index in [-0.39, 0.29) is 18.6 Å². The van der Waals surface area contributed by atoms with Crippen LogP contribution in [0, 0.1) is 0 Å². The van der Waals surface area contributed by atoms with Gasteiger partial charge in [-0.2, -0.15) is 0 Å². The number of carbonyl (C=O) groups excluding carboxylic acids is 1. The molecule has 0 aliphatic rings. The molecule has 40 valence electrons. The fourth-order valence-electron chi connectivity index (χ4n) is 0. The summed E-state index contributed by atoms with van der Waals surface area (Å²) < 4.78 is 0. The molecule has 0 bridgehead atoms. The molecule has 0 aromatic carbocycles. The lowest BCUT2D eigenvalue weighted by Crippen LogP contribution is -3.00. The summed E-state index contributed by atoms with van der Waals surface area (Å²) in [5.74, 6) is 0. The molecule has 0 saturated heterocycles. The number of carbonyl (C=O) groups is 1. The van der Waals surface area contributed by atoms with E-state index in [0.29, 0.717) is 0 Å². The molecule has 0 fully saturated rings. The van der Waals surface area contributed by atoms with Gasteiger partial charge in [0.05, 0.1) is 0 Å². The number of rotatable bonds is 0. The zero-order chi connectivity index (χ0) is 3.58. The van der Waals surface area contributed by atoms with E-state index in [1.54, 1.807) is 0 Å². The average Bonchev–Trinajstić information content (AvgIpc) is 0.811. The summed E-state index contributed by atoms with van der Waals surface area (Å²) in [5, 5.41) is 16.7. The molecule has 0 aromatic heterocycles. The van der Waals surface area contributed by atoms with Crippen LogP contribution in [0.2, 0.25) is 0 Å². The summed E-state index contributed by atoms with van der Waals surface area (Å²) in [6, 6.07) is 0. The van der Waals surface area contributed by atoms with Crippen molar-refractivity contribution in [3.05, 3.63) is 0 Å². The molecule has 5 heteroatoms. The van der Waals surface area contributed by atoms with Crippen molar-refractivity contribution in [1.29, 1.82) is 0 Å². The Bertz CT molecular complexity index is 33.8. The number of quaternary nitrogens is 1. The van der Waals surface area contributed by atoms with Gasteiger partial charge in [0.2, 0.25) is 0 Å². The molecular formula is CH4ClNO3-2. The van der Waals surface area contributed by atoms with Crippen molar-refractivity contribution in [2.24, 2.45) is 0 Å². The minimum Gasteiger partial charge on any atom is -1.00 e. The van der Waals surface area contributed by atoms with E-state index in [4.69, 9.17) is 15.0 Å². The predicted molar refractivity (Wildman–Crippen MR) is 11.4 cm³/mol. The normalized spacial score (nSPS) is 4.00. The van der Waals surface area contributed by atoms with Gasteiger partial charge < -0.3 is 33.6 Å². The minimum atomic E-state index is -2.33. The van der Waals surface area contributed by atoms with Crippen LogP contribution >= 0.6 is 0 Å². The molecule has 0 saturated carbocycles. The zero-order valence-corrected chi connectivity index (χ0v) is 3.86. The SMILES string of the molecule is O=C([O-])[O-].[Cl-].[NH4+]. The van der Waals surface area contributed by atoms with Crippen LogP contribution in [-0.4, -0.2) is 6.16 Å². The Morgan fingerprint density at radius 2 is 1.33 bits per heavy atom. The van der Waals surface area contributed by atoms with Gasteiger partial charge in [-0.25, -0.2) is 0 Å². The second kappa shape index (κ2) is 8.82. The lowest BCUT2D eigenvalue weighted by Gasteiger charge is -1.96. The summed E-state index contributed by atoms with van der Waals surface area (Å²) >= 11 is 0. The molecule has 0 atom stereocenters. The Hall–Kier alpha value is -0.480. The maximum absolute atomic E-state index is 8.33. The summed E-state index contributed by atoms with van der Waals surface area (Å²) in [7, 11) is 0. The standard InChI is InChI=1S/CH2O3.ClH.H3N/c2-1(3)4;;/h(H2,2,3,4);1H;1H3/p-2. The van der Waals surface area contributed by atoms with Crippen molar-refractivity contribution in [2.45, 2.75) is 0 Å². The van der Waals surface area contributed by atoms with Crippen molar-refractivity contribution in [1.82, 2.24) is 6.15 Å². The summed E-state index contributed by atoms with van der Waals surface area (Å²) in [6.45, 7) is 0. The highest BCUT2D eigenvalue weighted by Crippen LogP contribution is 1.21. The number of halogens is 1. The smallest absolute Gasteiger partial charge is 0.0431 e. The summed E-state index contributed by atoms with van der Waals surface area (Å²) in [4.78, 5) is 8.33. The Morgan fingerprint density at radius 1 is 1.33 bits per heavy atom. The zero-order valence-electron chi connectivity index (χ0n) is 3.10. The molecule has 4 nitrogen and oxygen atoms in total. The summed E-state index contributed by atoms with van der Waals surface area (Å²) in [5.41, 5.74) is 0. The van der Waals surface area contributed by atoms with Gasteiger partial charge >= 0.3 is 0 Å². The largest absolute Gasteiger partial charge is 1.00 e. The van der Waals surface area contributed by atoms with E-state index < -0.39 is 6.16 Å². The quantitative estimate of drug-likeness (QED) is 0.340. The van der Waals surface area contributed by atoms with Gasteiger partial charge in [0.1, 0.15) is 0 Å². The first kappa shape index (κ1) is 17.8. The van der Waals surface area contributed by atoms with Crippen molar-refractivity contribution < 1.29 is 27.4 Å². The Kier molecular flexibility index (Phi) is 26.1. The molecule has 0 rings (SSSR count). The van der Waals surface area contributed by atoms with Gasteiger partial charge in [-0.3, -0.25) is 0 Å². The van der Waals surface area contributed by atoms with Crippen LogP contribution in [0.3, 0.4) is 0 Å². The first-order valence-electron chi connectivity index (χ1n) is 0.612. The summed E-state index contributed by atoms with van der Waals surface area (Å²) in [6.07, 6.45) is -2.33. The molecule has 0 radical (unpaired) electrons. The molecular weight excluding hydrogens is 109 g/mol. The molecule has 0 aromatic rings. The van der Waals surface area contributed by atoms with Crippen molar-refractivity contribution in [2.75, 3.05) is 0 Å². The average molecular weight is 114 g/mol. The number of carboxylic acid groups (broad SMARTS) is 2. The van der Waals surface area contributed by atoms with E-state index in [1.807, 2.05) is 0 Å². The van der Waals surface area contributed by atoms with Crippen LogP contribution in [-0.2, 0) is 0 Å². The van der Waals surface area contributed by atoms with E-state index >= 15 is 0 Å². The van der Waals surface area contributed by atoms with E-state index in [2.05, 4.69) is 0 Å². The first-order valence-corrected chi connectivity index (χ1v) is 0.612. The van der Waals surface area contributed by atoms with Gasteiger partial charge in [-0.15, -0.1) is 0 Å². The second-order valence-corrected chi connectivity index (χ2v) is 0.250. The minimum absolute atomic E-state index is 0. The maximum atomic E-state index is 8.33. The third-order valence-electron chi connectivity index (χ3n) is 0. The Morgan fingerprint density at radius 3 is 1.33 bits per heavy atom. The third kappa shape index (κ3) is 97.0. The van der Waals surface area contributed by atoms with E-state index in [9.17, 15) is 0 Å². The molecule has 0 unspecified atom stereocenters. The predicted octanol–water partition coefficient (Wildman–Crippen LogP) is -5.07. The van der Waals surface area contributed by atoms with Crippen LogP contribution in [0.4, 0.5) is 4.79 Å². The van der Waals surface area contributed by atoms with Crippen molar-refractivity contribution >= 4 is 6.16 Å². The van der Waals surface area contributed by atoms with Gasteiger partial charge in [0.25, 0.3) is 0 Å². The van der Waals surface area contributed by atoms with Crippen LogP contribution in [0.1, 0.15) is 0 Å². The van der Waals surface area contributed by atoms with Crippen LogP contribution in [0.5, 0.6) is 0 Å². The third-order valence-corrected chi connectivity index (χ3v) is 0. The highest BCUT2D eigenvalue weighted by molar-refractivity contribution is 5.47. The van der Waals surface area contributed by atoms with Crippen LogP contribution < -0.4 is 28.8 Å². The Balaban J connectivity index is -0.0000000450. The molecule has 0 heterocycles. The highest BCUT2D eigenvalue weighted by atomic mass is 35.5. The first-order chi connectivity index (χ1) is 1.73. The molecule has 0 aliphatic carbocycles. The van der Waals surface area contributed by atoms with E-state index in [1.165, 1.54) is 0 Å². The molecule has 0 aliphatic heterocycles. The van der Waals surface area contributed by atoms with Gasteiger partial charge in [-0.05, 0) is 6.16 Å². The Labute approximate surface area is 40.8 Å². The fraction of sp³-hybridized carbons (Fsp3) is 0. The molecule has 0 spiro atoms. The number of hydrogen-bond acceptors (Lipinski definition) is 3. The lowest BCUT2D eigenvalue weighted by atomic mass is 11.5. The fourth-order valence-corrected chi connectivity index (χ4v) is 0. The van der Waals surface area contributed by atoms with Crippen molar-refractivity contribution in [3.8, 4) is 0 Å². The molecule has 0 amide bonds. The van der Waals surface area contributed by atoms with Gasteiger partial charge in [0.15, 0.2) is 0 Å². The highest BCUT2D eigenvalue weighted by Gasteiger charge is 1.26.